The predicted octanol–water partition coefficient (Wildman–Crippen LogP) is 8.18. The molecule has 0 fully saturated rings. The minimum Gasteiger partial charge on any atom is -0.477 e. The number of carboxylic acids is 1. The van der Waals surface area contributed by atoms with Crippen LogP contribution in [0.25, 0.3) is 0 Å². The summed E-state index contributed by atoms with van der Waals surface area (Å²) in [6.45, 7) is 4.61. The maximum Gasteiger partial charge on any atom is 0.362 e. The SMILES string of the molecule is CCCC/C=C/C=C/CCCCCC(=O)OCC(COCCC(C(=O)O)[N+](C)(C)C)OC(=O)CCCCCCCCCCC. The van der Waals surface area contributed by atoms with Crippen molar-refractivity contribution in [3.63, 3.8) is 0 Å². The summed E-state index contributed by atoms with van der Waals surface area (Å²) in [7, 11) is 5.50. The molecule has 2 atom stereocenters. The van der Waals surface area contributed by atoms with Crippen LogP contribution in [0.15, 0.2) is 24.3 Å². The van der Waals surface area contributed by atoms with E-state index >= 15 is 0 Å². The third kappa shape index (κ3) is 26.2. The van der Waals surface area contributed by atoms with E-state index in [1.807, 2.05) is 21.1 Å². The Morgan fingerprint density at radius 1 is 0.682 bits per heavy atom. The second-order valence-electron chi connectivity index (χ2n) is 12.8. The third-order valence-electron chi connectivity index (χ3n) is 7.63. The van der Waals surface area contributed by atoms with E-state index in [1.165, 1.54) is 51.4 Å². The zero-order valence-corrected chi connectivity index (χ0v) is 28.9. The predicted molar refractivity (Wildman–Crippen MR) is 178 cm³/mol. The molecule has 256 valence electrons. The second-order valence-corrected chi connectivity index (χ2v) is 12.8. The molecule has 0 rings (SSSR count). The number of carbonyl (C=O) groups excluding carboxylic acids is 2. The van der Waals surface area contributed by atoms with E-state index in [2.05, 4.69) is 38.2 Å². The van der Waals surface area contributed by atoms with Crippen molar-refractivity contribution in [2.75, 3.05) is 41.0 Å². The molecule has 0 aliphatic rings. The number of rotatable bonds is 30. The van der Waals surface area contributed by atoms with Gasteiger partial charge in [0, 0.05) is 19.3 Å². The van der Waals surface area contributed by atoms with E-state index in [0.717, 1.165) is 51.4 Å². The van der Waals surface area contributed by atoms with Crippen LogP contribution >= 0.6 is 0 Å². The summed E-state index contributed by atoms with van der Waals surface area (Å²) in [5.41, 5.74) is 0. The normalized spacial score (nSPS) is 13.4. The molecule has 0 amide bonds. The molecule has 0 saturated heterocycles. The second kappa shape index (κ2) is 28.3. The Labute approximate surface area is 269 Å². The van der Waals surface area contributed by atoms with Gasteiger partial charge in [-0.25, -0.2) is 4.79 Å². The van der Waals surface area contributed by atoms with E-state index in [-0.39, 0.29) is 36.2 Å². The molecule has 0 bridgehead atoms. The first-order valence-electron chi connectivity index (χ1n) is 17.4. The summed E-state index contributed by atoms with van der Waals surface area (Å²) < 4.78 is 17.1. The van der Waals surface area contributed by atoms with Gasteiger partial charge in [-0.15, -0.1) is 0 Å². The average Bonchev–Trinajstić information content (AvgIpc) is 2.96. The van der Waals surface area contributed by atoms with Crippen molar-refractivity contribution < 1.29 is 38.2 Å². The molecule has 8 heteroatoms. The number of unbranched alkanes of at least 4 members (excludes halogenated alkanes) is 13. The zero-order chi connectivity index (χ0) is 32.9. The topological polar surface area (TPSA) is 99.1 Å². The highest BCUT2D eigenvalue weighted by Gasteiger charge is 2.31. The van der Waals surface area contributed by atoms with Gasteiger partial charge >= 0.3 is 17.9 Å². The molecule has 0 aromatic carbocycles. The molecule has 0 spiro atoms. The van der Waals surface area contributed by atoms with E-state index in [1.54, 1.807) is 0 Å². The molecule has 1 N–H and O–H groups in total. The molecule has 0 heterocycles. The molecular weight excluding hydrogens is 558 g/mol. The fourth-order valence-electron chi connectivity index (χ4n) is 4.83. The smallest absolute Gasteiger partial charge is 0.362 e. The molecule has 0 aliphatic carbocycles. The highest BCUT2D eigenvalue weighted by atomic mass is 16.6. The Bertz CT molecular complexity index is 788. The summed E-state index contributed by atoms with van der Waals surface area (Å²) in [6.07, 6.45) is 26.5. The highest BCUT2D eigenvalue weighted by Crippen LogP contribution is 2.13. The number of nitrogens with zero attached hydrogens (tertiary/aromatic N) is 1. The maximum atomic E-state index is 12.5. The number of carbonyl (C=O) groups is 3. The van der Waals surface area contributed by atoms with Gasteiger partial charge in [0.15, 0.2) is 12.1 Å². The van der Waals surface area contributed by atoms with E-state index in [0.29, 0.717) is 19.3 Å². The van der Waals surface area contributed by atoms with Gasteiger partial charge in [0.1, 0.15) is 6.61 Å². The maximum absolute atomic E-state index is 12.5. The average molecular weight is 625 g/mol. The van der Waals surface area contributed by atoms with Gasteiger partial charge in [0.25, 0.3) is 0 Å². The van der Waals surface area contributed by atoms with Crippen molar-refractivity contribution in [3.05, 3.63) is 24.3 Å². The van der Waals surface area contributed by atoms with E-state index < -0.39 is 18.1 Å². The van der Waals surface area contributed by atoms with Crippen molar-refractivity contribution in [2.24, 2.45) is 0 Å². The summed E-state index contributed by atoms with van der Waals surface area (Å²) in [5, 5.41) is 9.54. The van der Waals surface area contributed by atoms with Crippen LogP contribution in [0.2, 0.25) is 0 Å². The molecule has 0 aromatic rings. The number of likely N-dealkylation sites (N-methyl/N-ethyl adjacent to an activating group) is 1. The molecule has 2 unspecified atom stereocenters. The fraction of sp³-hybridized carbons (Fsp3) is 0.806. The number of aliphatic carboxylic acids is 1. The lowest BCUT2D eigenvalue weighted by atomic mass is 10.1. The van der Waals surface area contributed by atoms with Crippen LogP contribution in [0.1, 0.15) is 136 Å². The van der Waals surface area contributed by atoms with Crippen LogP contribution in [-0.4, -0.2) is 80.6 Å². The van der Waals surface area contributed by atoms with Crippen LogP contribution in [0.5, 0.6) is 0 Å². The standard InChI is InChI=1S/C36H65NO7/c1-6-8-10-12-14-16-17-19-20-22-24-26-34(38)43-31-32(30-42-29-28-33(36(40)41)37(3,4)5)44-35(39)27-25-23-21-18-15-13-11-9-7-2/h12,14,16-17,32-33H,6-11,13,15,18-31H2,1-5H3/p+1/b14-12+,17-16+. The summed E-state index contributed by atoms with van der Waals surface area (Å²) in [4.78, 5) is 36.5. The largest absolute Gasteiger partial charge is 0.477 e. The number of quaternary nitrogens is 1. The first kappa shape index (κ1) is 41.8. The Morgan fingerprint density at radius 2 is 1.20 bits per heavy atom. The van der Waals surface area contributed by atoms with E-state index in [4.69, 9.17) is 14.2 Å². The Balaban J connectivity index is 4.52. The fourth-order valence-corrected chi connectivity index (χ4v) is 4.83. The lowest BCUT2D eigenvalue weighted by Gasteiger charge is -2.31. The van der Waals surface area contributed by atoms with Crippen molar-refractivity contribution in [1.82, 2.24) is 0 Å². The van der Waals surface area contributed by atoms with Crippen molar-refractivity contribution >= 4 is 17.9 Å². The quantitative estimate of drug-likeness (QED) is 0.0372. The number of carboxylic acid groups (broad SMARTS) is 1. The minimum absolute atomic E-state index is 0.0550. The van der Waals surface area contributed by atoms with Crippen molar-refractivity contribution in [1.29, 1.82) is 0 Å². The Kier molecular flexibility index (Phi) is 26.9. The summed E-state index contributed by atoms with van der Waals surface area (Å²) in [6, 6.07) is -0.613. The Hall–Kier alpha value is -2.19. The lowest BCUT2D eigenvalue weighted by Crippen LogP contribution is -2.50. The van der Waals surface area contributed by atoms with Gasteiger partial charge in [-0.05, 0) is 32.1 Å². The zero-order valence-electron chi connectivity index (χ0n) is 28.9. The first-order chi connectivity index (χ1) is 21.1. The van der Waals surface area contributed by atoms with Crippen molar-refractivity contribution in [2.45, 2.75) is 148 Å². The van der Waals surface area contributed by atoms with Gasteiger partial charge in [0.2, 0.25) is 0 Å². The molecule has 0 aromatic heterocycles. The Morgan fingerprint density at radius 3 is 1.77 bits per heavy atom. The first-order valence-corrected chi connectivity index (χ1v) is 17.4. The summed E-state index contributed by atoms with van der Waals surface area (Å²) >= 11 is 0. The van der Waals surface area contributed by atoms with E-state index in [9.17, 15) is 19.5 Å². The van der Waals surface area contributed by atoms with Crippen LogP contribution < -0.4 is 0 Å². The van der Waals surface area contributed by atoms with Crippen LogP contribution in [0.3, 0.4) is 0 Å². The van der Waals surface area contributed by atoms with Gasteiger partial charge < -0.3 is 23.8 Å². The number of allylic oxidation sites excluding steroid dienone is 4. The van der Waals surface area contributed by atoms with Gasteiger partial charge in [-0.2, -0.15) is 0 Å². The number of ether oxygens (including phenoxy) is 3. The van der Waals surface area contributed by atoms with Crippen molar-refractivity contribution in [3.8, 4) is 0 Å². The number of hydrogen-bond acceptors (Lipinski definition) is 6. The molecule has 8 nitrogen and oxygen atoms in total. The lowest BCUT2D eigenvalue weighted by molar-refractivity contribution is -0.887. The minimum atomic E-state index is -0.880. The van der Waals surface area contributed by atoms with Gasteiger partial charge in [0.05, 0.1) is 34.4 Å². The molecule has 0 saturated carbocycles. The molecule has 0 radical (unpaired) electrons. The summed E-state index contributed by atoms with van der Waals surface area (Å²) in [5.74, 6) is -1.51. The van der Waals surface area contributed by atoms with Crippen LogP contribution in [0, 0.1) is 0 Å². The van der Waals surface area contributed by atoms with Gasteiger partial charge in [-0.3, -0.25) is 9.59 Å². The van der Waals surface area contributed by atoms with Crippen LogP contribution in [0.4, 0.5) is 0 Å². The van der Waals surface area contributed by atoms with Gasteiger partial charge in [-0.1, -0.05) is 109 Å². The third-order valence-corrected chi connectivity index (χ3v) is 7.63. The monoisotopic (exact) mass is 624 g/mol. The van der Waals surface area contributed by atoms with Crippen LogP contribution in [-0.2, 0) is 28.6 Å². The molecule has 0 aliphatic heterocycles. The number of hydrogen-bond donors (Lipinski definition) is 1. The highest BCUT2D eigenvalue weighted by molar-refractivity contribution is 5.72. The molecular formula is C36H66NO7+. The molecule has 44 heavy (non-hydrogen) atoms. The number of esters is 2.